The average Bonchev–Trinajstić information content (AvgIpc) is 2.70. The van der Waals surface area contributed by atoms with Crippen molar-refractivity contribution < 1.29 is 4.79 Å². The highest BCUT2D eigenvalue weighted by atomic mass is 35.5. The molecule has 2 N–H and O–H groups in total. The van der Waals surface area contributed by atoms with Gasteiger partial charge in [-0.1, -0.05) is 17.7 Å². The number of hydrogen-bond donors (Lipinski definition) is 2. The van der Waals surface area contributed by atoms with Gasteiger partial charge in [0.25, 0.3) is 5.91 Å². The number of rotatable bonds is 2. The maximum Gasteiger partial charge on any atom is 0.284 e. The fraction of sp³-hybridized carbons (Fsp3) is 0.286. The second-order valence-corrected chi connectivity index (χ2v) is 6.12. The number of carbonyl (C=O) groups excluding carboxylic acids is 1. The molecule has 0 saturated heterocycles. The van der Waals surface area contributed by atoms with Gasteiger partial charge in [-0.25, -0.2) is 4.98 Å². The van der Waals surface area contributed by atoms with Crippen molar-refractivity contribution in [2.45, 2.75) is 12.8 Å². The van der Waals surface area contributed by atoms with Crippen LogP contribution < -0.4 is 10.6 Å². The number of benzene rings is 1. The highest BCUT2D eigenvalue weighted by Crippen LogP contribution is 2.22. The Balaban J connectivity index is 1.77. The summed E-state index contributed by atoms with van der Waals surface area (Å²) in [5.74, 6) is -0.168. The first-order valence-electron chi connectivity index (χ1n) is 6.48. The Morgan fingerprint density at radius 2 is 2.20 bits per heavy atom. The third kappa shape index (κ3) is 3.00. The number of nitrogens with zero attached hydrogens (tertiary/aromatic N) is 1. The summed E-state index contributed by atoms with van der Waals surface area (Å²) in [5.41, 5.74) is 1.74. The first-order chi connectivity index (χ1) is 9.72. The van der Waals surface area contributed by atoms with Crippen LogP contribution in [0.25, 0.3) is 0 Å². The quantitative estimate of drug-likeness (QED) is 0.897. The van der Waals surface area contributed by atoms with E-state index in [1.807, 2.05) is 6.07 Å². The van der Waals surface area contributed by atoms with Gasteiger partial charge in [-0.3, -0.25) is 4.79 Å². The zero-order valence-electron chi connectivity index (χ0n) is 10.8. The van der Waals surface area contributed by atoms with Gasteiger partial charge in [0.05, 0.1) is 5.69 Å². The summed E-state index contributed by atoms with van der Waals surface area (Å²) < 4.78 is 0. The molecule has 1 aliphatic rings. The Labute approximate surface area is 126 Å². The molecule has 104 valence electrons. The lowest BCUT2D eigenvalue weighted by Gasteiger charge is -2.03. The molecule has 0 radical (unpaired) electrons. The molecule has 20 heavy (non-hydrogen) atoms. The lowest BCUT2D eigenvalue weighted by molar-refractivity contribution is 0.102. The third-order valence-corrected chi connectivity index (χ3v) is 4.51. The summed E-state index contributed by atoms with van der Waals surface area (Å²) >= 11 is 7.39. The van der Waals surface area contributed by atoms with Crippen LogP contribution in [-0.2, 0) is 12.8 Å². The molecule has 0 fully saturated rings. The van der Waals surface area contributed by atoms with Gasteiger partial charge in [-0.2, -0.15) is 0 Å². The van der Waals surface area contributed by atoms with Crippen LogP contribution in [-0.4, -0.2) is 24.0 Å². The second kappa shape index (κ2) is 5.91. The van der Waals surface area contributed by atoms with E-state index in [2.05, 4.69) is 15.6 Å². The summed E-state index contributed by atoms with van der Waals surface area (Å²) in [7, 11) is 0. The summed E-state index contributed by atoms with van der Waals surface area (Å²) in [6.45, 7) is 1.87. The zero-order valence-corrected chi connectivity index (χ0v) is 12.4. The lowest BCUT2D eigenvalue weighted by Crippen LogP contribution is -2.17. The molecular weight excluding hydrogens is 294 g/mol. The SMILES string of the molecule is O=C(Nc1cccc(Cl)c1)c1nc2c(s1)CCNCC2. The van der Waals surface area contributed by atoms with E-state index in [9.17, 15) is 4.79 Å². The van der Waals surface area contributed by atoms with E-state index < -0.39 is 0 Å². The van der Waals surface area contributed by atoms with E-state index in [0.29, 0.717) is 15.7 Å². The minimum atomic E-state index is -0.168. The Kier molecular flexibility index (Phi) is 4.00. The lowest BCUT2D eigenvalue weighted by atomic mass is 10.2. The highest BCUT2D eigenvalue weighted by molar-refractivity contribution is 7.13. The van der Waals surface area contributed by atoms with Crippen LogP contribution in [0.5, 0.6) is 0 Å². The maximum atomic E-state index is 12.2. The first kappa shape index (κ1) is 13.5. The Morgan fingerprint density at radius 3 is 3.05 bits per heavy atom. The molecular formula is C14H14ClN3OS. The molecule has 1 aliphatic heterocycles. The highest BCUT2D eigenvalue weighted by Gasteiger charge is 2.18. The van der Waals surface area contributed by atoms with E-state index in [4.69, 9.17) is 11.6 Å². The standard InChI is InChI=1S/C14H14ClN3OS/c15-9-2-1-3-10(8-9)17-13(19)14-18-11-4-6-16-7-5-12(11)20-14/h1-3,8,16H,4-7H2,(H,17,19). The van der Waals surface area contributed by atoms with Crippen molar-refractivity contribution in [2.75, 3.05) is 18.4 Å². The molecule has 0 saturated carbocycles. The maximum absolute atomic E-state index is 12.2. The van der Waals surface area contributed by atoms with Gasteiger partial charge in [-0.05, 0) is 24.6 Å². The average molecular weight is 308 g/mol. The van der Waals surface area contributed by atoms with Crippen LogP contribution in [0.2, 0.25) is 5.02 Å². The molecule has 1 amide bonds. The number of aromatic nitrogens is 1. The predicted octanol–water partition coefficient (Wildman–Crippen LogP) is 2.74. The molecule has 0 atom stereocenters. The van der Waals surface area contributed by atoms with Crippen molar-refractivity contribution in [3.63, 3.8) is 0 Å². The molecule has 3 rings (SSSR count). The number of amides is 1. The van der Waals surface area contributed by atoms with Crippen molar-refractivity contribution in [1.29, 1.82) is 0 Å². The molecule has 0 aliphatic carbocycles. The number of thiazole rings is 1. The normalized spacial score (nSPS) is 14.4. The zero-order chi connectivity index (χ0) is 13.9. The Bertz CT molecular complexity index is 618. The van der Waals surface area contributed by atoms with Gasteiger partial charge >= 0.3 is 0 Å². The number of fused-ring (bicyclic) bond motifs is 1. The first-order valence-corrected chi connectivity index (χ1v) is 7.68. The fourth-order valence-electron chi connectivity index (χ4n) is 2.16. The smallest absolute Gasteiger partial charge is 0.284 e. The van der Waals surface area contributed by atoms with E-state index in [1.54, 1.807) is 18.2 Å². The van der Waals surface area contributed by atoms with E-state index in [0.717, 1.165) is 31.6 Å². The van der Waals surface area contributed by atoms with Crippen LogP contribution in [0.4, 0.5) is 5.69 Å². The molecule has 6 heteroatoms. The van der Waals surface area contributed by atoms with E-state index >= 15 is 0 Å². The molecule has 4 nitrogen and oxygen atoms in total. The molecule has 1 aromatic carbocycles. The summed E-state index contributed by atoms with van der Waals surface area (Å²) in [6, 6.07) is 7.12. The minimum Gasteiger partial charge on any atom is -0.320 e. The van der Waals surface area contributed by atoms with Crippen molar-refractivity contribution >= 4 is 34.5 Å². The van der Waals surface area contributed by atoms with Gasteiger partial charge in [0.1, 0.15) is 0 Å². The second-order valence-electron chi connectivity index (χ2n) is 4.60. The van der Waals surface area contributed by atoms with Crippen LogP contribution in [0.3, 0.4) is 0 Å². The van der Waals surface area contributed by atoms with Crippen LogP contribution in [0, 0.1) is 0 Å². The van der Waals surface area contributed by atoms with Crippen LogP contribution in [0.15, 0.2) is 24.3 Å². The Hall–Kier alpha value is -1.43. The molecule has 0 spiro atoms. The van der Waals surface area contributed by atoms with Crippen LogP contribution in [0.1, 0.15) is 20.4 Å². The van der Waals surface area contributed by atoms with Gasteiger partial charge in [0.15, 0.2) is 5.01 Å². The largest absolute Gasteiger partial charge is 0.320 e. The monoisotopic (exact) mass is 307 g/mol. The fourth-order valence-corrected chi connectivity index (χ4v) is 3.35. The van der Waals surface area contributed by atoms with Gasteiger partial charge < -0.3 is 10.6 Å². The molecule has 0 bridgehead atoms. The summed E-state index contributed by atoms with van der Waals surface area (Å²) in [5, 5.41) is 7.28. The number of carbonyl (C=O) groups is 1. The predicted molar refractivity (Wildman–Crippen MR) is 81.8 cm³/mol. The van der Waals surface area contributed by atoms with Crippen molar-refractivity contribution in [2.24, 2.45) is 0 Å². The minimum absolute atomic E-state index is 0.168. The molecule has 2 aromatic rings. The molecule has 2 heterocycles. The van der Waals surface area contributed by atoms with E-state index in [1.165, 1.54) is 16.2 Å². The van der Waals surface area contributed by atoms with Gasteiger partial charge in [-0.15, -0.1) is 11.3 Å². The Morgan fingerprint density at radius 1 is 1.35 bits per heavy atom. The molecule has 0 unspecified atom stereocenters. The van der Waals surface area contributed by atoms with Gasteiger partial charge in [0, 0.05) is 35.1 Å². The van der Waals surface area contributed by atoms with Crippen molar-refractivity contribution in [1.82, 2.24) is 10.3 Å². The number of nitrogens with one attached hydrogen (secondary N) is 2. The van der Waals surface area contributed by atoms with Crippen molar-refractivity contribution in [3.8, 4) is 0 Å². The number of hydrogen-bond acceptors (Lipinski definition) is 4. The van der Waals surface area contributed by atoms with Crippen molar-refractivity contribution in [3.05, 3.63) is 44.9 Å². The summed E-state index contributed by atoms with van der Waals surface area (Å²) in [6.07, 6.45) is 1.83. The summed E-state index contributed by atoms with van der Waals surface area (Å²) in [4.78, 5) is 17.9. The van der Waals surface area contributed by atoms with Gasteiger partial charge in [0.2, 0.25) is 0 Å². The number of anilines is 1. The van der Waals surface area contributed by atoms with E-state index in [-0.39, 0.29) is 5.91 Å². The third-order valence-electron chi connectivity index (χ3n) is 3.12. The topological polar surface area (TPSA) is 54.0 Å². The molecule has 1 aromatic heterocycles. The van der Waals surface area contributed by atoms with Crippen LogP contribution >= 0.6 is 22.9 Å². The number of halogens is 1.